The van der Waals surface area contributed by atoms with Crippen molar-refractivity contribution < 1.29 is 17.9 Å². The molecule has 0 unspecified atom stereocenters. The van der Waals surface area contributed by atoms with Gasteiger partial charge < -0.3 is 4.74 Å². The van der Waals surface area contributed by atoms with Crippen LogP contribution in [0.4, 0.5) is 10.8 Å². The van der Waals surface area contributed by atoms with E-state index in [9.17, 15) is 13.2 Å². The zero-order chi connectivity index (χ0) is 24.0. The summed E-state index contributed by atoms with van der Waals surface area (Å²) >= 11 is 1.29. The minimum Gasteiger partial charge on any atom is -0.494 e. The van der Waals surface area contributed by atoms with E-state index in [4.69, 9.17) is 4.74 Å². The van der Waals surface area contributed by atoms with Crippen LogP contribution in [0.2, 0.25) is 0 Å². The van der Waals surface area contributed by atoms with Gasteiger partial charge in [-0.3, -0.25) is 14.8 Å². The van der Waals surface area contributed by atoms with E-state index in [1.54, 1.807) is 42.5 Å². The lowest BCUT2D eigenvalue weighted by Gasteiger charge is -2.12. The predicted octanol–water partition coefficient (Wildman–Crippen LogP) is 5.65. The molecule has 1 amide bonds. The van der Waals surface area contributed by atoms with Crippen LogP contribution in [0.25, 0.3) is 11.3 Å². The first-order valence-electron chi connectivity index (χ1n) is 10.6. The minimum absolute atomic E-state index is 0.112. The largest absolute Gasteiger partial charge is 0.494 e. The van der Waals surface area contributed by atoms with Crippen molar-refractivity contribution in [3.63, 3.8) is 0 Å². The normalized spacial score (nSPS) is 11.1. The first-order chi connectivity index (χ1) is 16.5. The summed E-state index contributed by atoms with van der Waals surface area (Å²) in [5, 5.41) is 5.02. The van der Waals surface area contributed by atoms with E-state index in [2.05, 4.69) is 21.9 Å². The molecule has 0 spiro atoms. The molecule has 0 atom stereocenters. The van der Waals surface area contributed by atoms with E-state index in [1.807, 2.05) is 29.6 Å². The van der Waals surface area contributed by atoms with E-state index < -0.39 is 15.9 Å². The number of thiazole rings is 1. The SMILES string of the molecule is CCCOc1ccc(-c2csc(NC(=O)c3ccccc3NS(=O)(=O)c3ccccc3)n2)cc1. The van der Waals surface area contributed by atoms with Gasteiger partial charge in [-0.1, -0.05) is 37.3 Å². The van der Waals surface area contributed by atoms with E-state index in [0.717, 1.165) is 23.4 Å². The first kappa shape index (κ1) is 23.5. The topological polar surface area (TPSA) is 97.4 Å². The number of ether oxygens (including phenoxy) is 1. The van der Waals surface area contributed by atoms with Gasteiger partial charge in [0.2, 0.25) is 0 Å². The van der Waals surface area contributed by atoms with Gasteiger partial charge in [0.25, 0.3) is 15.9 Å². The van der Waals surface area contributed by atoms with Crippen LogP contribution in [0.5, 0.6) is 5.75 Å². The maximum absolute atomic E-state index is 13.0. The van der Waals surface area contributed by atoms with Gasteiger partial charge in [0.15, 0.2) is 5.13 Å². The van der Waals surface area contributed by atoms with Gasteiger partial charge in [0, 0.05) is 10.9 Å². The zero-order valence-electron chi connectivity index (χ0n) is 18.4. The van der Waals surface area contributed by atoms with Crippen molar-refractivity contribution in [2.75, 3.05) is 16.6 Å². The highest BCUT2D eigenvalue weighted by atomic mass is 32.2. The summed E-state index contributed by atoms with van der Waals surface area (Å²) in [5.41, 5.74) is 2.00. The number of nitrogens with zero attached hydrogens (tertiary/aromatic N) is 1. The second kappa shape index (κ2) is 10.5. The van der Waals surface area contributed by atoms with Crippen molar-refractivity contribution in [2.45, 2.75) is 18.2 Å². The molecule has 4 rings (SSSR count). The number of nitrogens with one attached hydrogen (secondary N) is 2. The van der Waals surface area contributed by atoms with E-state index in [-0.39, 0.29) is 16.1 Å². The highest BCUT2D eigenvalue weighted by Gasteiger charge is 2.19. The number of amides is 1. The molecule has 7 nitrogen and oxygen atoms in total. The summed E-state index contributed by atoms with van der Waals surface area (Å²) in [6, 6.07) is 22.0. The Kier molecular flexibility index (Phi) is 7.24. The molecule has 0 saturated carbocycles. The molecule has 2 N–H and O–H groups in total. The maximum atomic E-state index is 13.0. The zero-order valence-corrected chi connectivity index (χ0v) is 20.0. The molecule has 34 heavy (non-hydrogen) atoms. The minimum atomic E-state index is -3.84. The van der Waals surface area contributed by atoms with Crippen LogP contribution in [-0.2, 0) is 10.0 Å². The Morgan fingerprint density at radius 3 is 2.41 bits per heavy atom. The summed E-state index contributed by atoms with van der Waals surface area (Å²) in [6.07, 6.45) is 0.938. The molecular weight excluding hydrogens is 470 g/mol. The van der Waals surface area contributed by atoms with Crippen molar-refractivity contribution in [3.8, 4) is 17.0 Å². The Balaban J connectivity index is 1.49. The average Bonchev–Trinajstić information content (AvgIpc) is 3.32. The molecule has 1 aromatic heterocycles. The molecule has 0 fully saturated rings. The molecule has 1 heterocycles. The van der Waals surface area contributed by atoms with E-state index in [1.165, 1.54) is 23.5 Å². The molecule has 0 aliphatic rings. The van der Waals surface area contributed by atoms with Crippen molar-refractivity contribution in [2.24, 2.45) is 0 Å². The van der Waals surface area contributed by atoms with Crippen molar-refractivity contribution >= 4 is 38.1 Å². The van der Waals surface area contributed by atoms with Crippen molar-refractivity contribution in [1.29, 1.82) is 0 Å². The van der Waals surface area contributed by atoms with Gasteiger partial charge in [-0.05, 0) is 55.0 Å². The van der Waals surface area contributed by atoms with E-state index in [0.29, 0.717) is 11.7 Å². The standard InChI is InChI=1S/C25H23N3O4S2/c1-2-16-32-19-14-12-18(13-15-19)23-17-33-25(26-23)27-24(29)21-10-6-7-11-22(21)28-34(30,31)20-8-4-3-5-9-20/h3-15,17,28H,2,16H2,1H3,(H,26,27,29). The van der Waals surface area contributed by atoms with Crippen LogP contribution in [0, 0.1) is 0 Å². The third-order valence-corrected chi connectivity index (χ3v) is 6.96. The lowest BCUT2D eigenvalue weighted by atomic mass is 10.1. The number of rotatable bonds is 9. The van der Waals surface area contributed by atoms with Crippen LogP contribution in [0.3, 0.4) is 0 Å². The Morgan fingerprint density at radius 1 is 0.971 bits per heavy atom. The number of carbonyl (C=O) groups excluding carboxylic acids is 1. The van der Waals surface area contributed by atoms with Crippen LogP contribution < -0.4 is 14.8 Å². The molecule has 0 aliphatic carbocycles. The average molecular weight is 494 g/mol. The van der Waals surface area contributed by atoms with E-state index >= 15 is 0 Å². The lowest BCUT2D eigenvalue weighted by Crippen LogP contribution is -2.18. The van der Waals surface area contributed by atoms with Gasteiger partial charge in [0.1, 0.15) is 5.75 Å². The predicted molar refractivity (Wildman–Crippen MR) is 135 cm³/mol. The third-order valence-electron chi connectivity index (χ3n) is 4.82. The lowest BCUT2D eigenvalue weighted by molar-refractivity contribution is 0.102. The van der Waals surface area contributed by atoms with Gasteiger partial charge in [-0.25, -0.2) is 13.4 Å². The summed E-state index contributed by atoms with van der Waals surface area (Å²) in [7, 11) is -3.84. The number of hydrogen-bond acceptors (Lipinski definition) is 6. The number of sulfonamides is 1. The molecule has 0 bridgehead atoms. The number of anilines is 2. The van der Waals surface area contributed by atoms with Crippen LogP contribution in [0.1, 0.15) is 23.7 Å². The molecule has 9 heteroatoms. The smallest absolute Gasteiger partial charge is 0.261 e. The molecule has 0 saturated heterocycles. The summed E-state index contributed by atoms with van der Waals surface area (Å²) < 4.78 is 33.5. The number of aromatic nitrogens is 1. The summed E-state index contributed by atoms with van der Waals surface area (Å²) in [6.45, 7) is 2.71. The maximum Gasteiger partial charge on any atom is 0.261 e. The van der Waals surface area contributed by atoms with Crippen LogP contribution >= 0.6 is 11.3 Å². The Hall–Kier alpha value is -3.69. The van der Waals surface area contributed by atoms with Crippen LogP contribution in [-0.4, -0.2) is 25.9 Å². The number of hydrogen-bond donors (Lipinski definition) is 2. The van der Waals surface area contributed by atoms with Gasteiger partial charge in [-0.15, -0.1) is 11.3 Å². The molecule has 0 aliphatic heterocycles. The molecular formula is C25H23N3O4S2. The highest BCUT2D eigenvalue weighted by Crippen LogP contribution is 2.28. The van der Waals surface area contributed by atoms with Gasteiger partial charge in [-0.2, -0.15) is 0 Å². The fourth-order valence-corrected chi connectivity index (χ4v) is 4.96. The fourth-order valence-electron chi connectivity index (χ4n) is 3.14. The van der Waals surface area contributed by atoms with Crippen molar-refractivity contribution in [1.82, 2.24) is 4.98 Å². The molecule has 4 aromatic rings. The number of benzene rings is 3. The monoisotopic (exact) mass is 493 g/mol. The van der Waals surface area contributed by atoms with Gasteiger partial charge >= 0.3 is 0 Å². The quantitative estimate of drug-likeness (QED) is 0.314. The number of para-hydroxylation sites is 1. The van der Waals surface area contributed by atoms with Gasteiger partial charge in [0.05, 0.1) is 28.4 Å². The fraction of sp³-hybridized carbons (Fsp3) is 0.120. The van der Waals surface area contributed by atoms with Crippen LogP contribution in [0.15, 0.2) is 89.1 Å². The number of carbonyl (C=O) groups is 1. The molecule has 3 aromatic carbocycles. The Labute approximate surface area is 202 Å². The highest BCUT2D eigenvalue weighted by molar-refractivity contribution is 7.92. The Morgan fingerprint density at radius 2 is 1.68 bits per heavy atom. The summed E-state index contributed by atoms with van der Waals surface area (Å²) in [4.78, 5) is 17.6. The third kappa shape index (κ3) is 5.62. The first-order valence-corrected chi connectivity index (χ1v) is 13.0. The molecule has 0 radical (unpaired) electrons. The second-order valence-corrected chi connectivity index (χ2v) is 9.87. The van der Waals surface area contributed by atoms with Crippen molar-refractivity contribution in [3.05, 3.63) is 89.8 Å². The second-order valence-electron chi connectivity index (χ2n) is 7.33. The summed E-state index contributed by atoms with van der Waals surface area (Å²) in [5.74, 6) is 0.333. The molecule has 174 valence electrons. The Bertz CT molecular complexity index is 1370.